The summed E-state index contributed by atoms with van der Waals surface area (Å²) in [7, 11) is -2.98. The highest BCUT2D eigenvalue weighted by Gasteiger charge is 2.58. The molecule has 4 aliphatic rings. The molecule has 52 heavy (non-hydrogen) atoms. The van der Waals surface area contributed by atoms with Gasteiger partial charge in [0.1, 0.15) is 18.5 Å². The lowest BCUT2D eigenvalue weighted by Gasteiger charge is -2.61. The third-order valence-corrected chi connectivity index (χ3v) is 16.1. The van der Waals surface area contributed by atoms with Gasteiger partial charge in [-0.05, 0) is 79.8 Å². The lowest BCUT2D eigenvalue weighted by Crippen LogP contribution is -2.69. The number of carbonyl (C=O) groups excluding carboxylic acids is 2. The minimum Gasteiger partial charge on any atom is -0.444 e. The first-order valence-corrected chi connectivity index (χ1v) is 20.5. The van der Waals surface area contributed by atoms with Crippen LogP contribution in [-0.4, -0.2) is 48.0 Å². The van der Waals surface area contributed by atoms with E-state index in [1.807, 2.05) is 53.2 Å². The molecule has 4 aromatic rings. The number of rotatable bonds is 10. The Labute approximate surface area is 308 Å². The van der Waals surface area contributed by atoms with Crippen LogP contribution in [0.2, 0.25) is 5.04 Å². The summed E-state index contributed by atoms with van der Waals surface area (Å²) in [6.45, 7) is 13.1. The summed E-state index contributed by atoms with van der Waals surface area (Å²) in [6, 6.07) is 32.7. The Kier molecular flexibility index (Phi) is 9.58. The molecular formula is C42H52N4O5Si. The van der Waals surface area contributed by atoms with Crippen molar-refractivity contribution in [1.29, 1.82) is 0 Å². The number of anilines is 1. The molecule has 4 saturated carbocycles. The maximum absolute atomic E-state index is 13.5. The molecule has 8 rings (SSSR count). The summed E-state index contributed by atoms with van der Waals surface area (Å²) in [4.78, 5) is 26.6. The summed E-state index contributed by atoms with van der Waals surface area (Å²) in [5.41, 5.74) is 1.19. The Balaban J connectivity index is 1.20. The molecule has 0 unspecified atom stereocenters. The van der Waals surface area contributed by atoms with Gasteiger partial charge < -0.3 is 19.2 Å². The molecule has 9 nitrogen and oxygen atoms in total. The van der Waals surface area contributed by atoms with Crippen LogP contribution in [0.3, 0.4) is 0 Å². The van der Waals surface area contributed by atoms with E-state index < -0.39 is 26.1 Å². The number of hydrogen-bond acceptors (Lipinski definition) is 6. The van der Waals surface area contributed by atoms with Gasteiger partial charge >= 0.3 is 12.2 Å². The standard InChI is InChI=1S/C42H52N4O5Si/c1-40(2,3)46-37(43-38(47)49-28-29-16-10-7-11-17-29)24-34(45-46)31-22-35(50-39(48)44-42-25-30(26-42)27-42)36(23-31)51-52(41(4,5)6,32-18-12-8-13-19-32)33-20-14-9-15-21-33/h7-21,24,30-31,35-36H,22-23,25-28H2,1-6H3,(H,43,47)(H,44,48)/t30?,31-,35+,36-,42?/m1/s1. The third-order valence-electron chi connectivity index (χ3n) is 11.1. The summed E-state index contributed by atoms with van der Waals surface area (Å²) in [5, 5.41) is 13.3. The van der Waals surface area contributed by atoms with E-state index in [4.69, 9.17) is 19.0 Å². The number of nitrogens with one attached hydrogen (secondary N) is 2. The lowest BCUT2D eigenvalue weighted by molar-refractivity contribution is -0.0551. The molecule has 2 N–H and O–H groups in total. The monoisotopic (exact) mass is 720 g/mol. The van der Waals surface area contributed by atoms with Gasteiger partial charge in [-0.2, -0.15) is 5.10 Å². The van der Waals surface area contributed by atoms with Crippen LogP contribution in [0, 0.1) is 5.92 Å². The van der Waals surface area contributed by atoms with E-state index in [-0.39, 0.29) is 35.3 Å². The summed E-state index contributed by atoms with van der Waals surface area (Å²) >= 11 is 0. The Morgan fingerprint density at radius 2 is 1.37 bits per heavy atom. The number of hydrogen-bond donors (Lipinski definition) is 2. The van der Waals surface area contributed by atoms with Crippen molar-refractivity contribution in [3.63, 3.8) is 0 Å². The molecule has 0 spiro atoms. The zero-order chi connectivity index (χ0) is 36.7. The highest BCUT2D eigenvalue weighted by Crippen LogP contribution is 2.57. The van der Waals surface area contributed by atoms with Crippen molar-refractivity contribution < 1.29 is 23.5 Å². The topological polar surface area (TPSA) is 104 Å². The predicted molar refractivity (Wildman–Crippen MR) is 205 cm³/mol. The van der Waals surface area contributed by atoms with Crippen molar-refractivity contribution in [2.75, 3.05) is 5.32 Å². The Bertz CT molecular complexity index is 1810. The van der Waals surface area contributed by atoms with E-state index in [1.165, 1.54) is 10.4 Å². The first-order chi connectivity index (χ1) is 24.7. The van der Waals surface area contributed by atoms with Crippen LogP contribution in [0.1, 0.15) is 90.8 Å². The van der Waals surface area contributed by atoms with Gasteiger partial charge in [0.15, 0.2) is 0 Å². The molecule has 4 fully saturated rings. The second-order valence-corrected chi connectivity index (χ2v) is 21.3. The minimum atomic E-state index is -2.98. The van der Waals surface area contributed by atoms with Crippen LogP contribution in [0.5, 0.6) is 0 Å². The van der Waals surface area contributed by atoms with Crippen molar-refractivity contribution in [3.05, 3.63) is 108 Å². The second kappa shape index (κ2) is 13.9. The molecule has 3 aromatic carbocycles. The fourth-order valence-corrected chi connectivity index (χ4v) is 13.2. The maximum atomic E-state index is 13.5. The normalized spacial score (nSPS) is 24.0. The molecule has 3 atom stereocenters. The van der Waals surface area contributed by atoms with E-state index in [9.17, 15) is 9.59 Å². The SMILES string of the molecule is CC(C)(C)n1nc([C@@H]2C[C@H](OC(=O)NC34CC(C3)C4)[C@H](O[Si](c3ccccc3)(c3ccccc3)C(C)(C)C)C2)cc1NC(=O)OCc1ccccc1. The fourth-order valence-electron chi connectivity index (χ4n) is 8.45. The van der Waals surface area contributed by atoms with Gasteiger partial charge in [-0.3, -0.25) is 5.32 Å². The van der Waals surface area contributed by atoms with Gasteiger partial charge in [0.25, 0.3) is 8.32 Å². The highest BCUT2D eigenvalue weighted by molar-refractivity contribution is 6.99. The molecule has 0 aliphatic heterocycles. The fraction of sp³-hybridized carbons (Fsp3) is 0.452. The maximum Gasteiger partial charge on any atom is 0.413 e. The smallest absolute Gasteiger partial charge is 0.413 e. The molecule has 0 saturated heterocycles. The average Bonchev–Trinajstić information content (AvgIpc) is 3.68. The van der Waals surface area contributed by atoms with Gasteiger partial charge in [-0.1, -0.05) is 112 Å². The van der Waals surface area contributed by atoms with Crippen molar-refractivity contribution in [1.82, 2.24) is 15.1 Å². The van der Waals surface area contributed by atoms with E-state index >= 15 is 0 Å². The van der Waals surface area contributed by atoms with Crippen LogP contribution < -0.4 is 21.0 Å². The molecule has 10 heteroatoms. The molecule has 1 heterocycles. The van der Waals surface area contributed by atoms with E-state index in [0.717, 1.165) is 36.4 Å². The number of ether oxygens (including phenoxy) is 2. The molecule has 1 aromatic heterocycles. The molecule has 2 amide bonds. The molecule has 4 aliphatic carbocycles. The Hall–Kier alpha value is -4.41. The average molecular weight is 721 g/mol. The summed E-state index contributed by atoms with van der Waals surface area (Å²) < 4.78 is 21.4. The zero-order valence-corrected chi connectivity index (χ0v) is 32.2. The van der Waals surface area contributed by atoms with Gasteiger partial charge in [-0.15, -0.1) is 0 Å². The van der Waals surface area contributed by atoms with Crippen LogP contribution in [0.15, 0.2) is 97.1 Å². The molecular weight excluding hydrogens is 669 g/mol. The lowest BCUT2D eigenvalue weighted by atomic mass is 9.50. The first kappa shape index (κ1) is 36.0. The second-order valence-electron chi connectivity index (χ2n) is 17.0. The van der Waals surface area contributed by atoms with Crippen molar-refractivity contribution >= 4 is 36.7 Å². The van der Waals surface area contributed by atoms with Crippen LogP contribution in [-0.2, 0) is 26.0 Å². The van der Waals surface area contributed by atoms with Crippen LogP contribution in [0.4, 0.5) is 15.4 Å². The van der Waals surface area contributed by atoms with Crippen LogP contribution >= 0.6 is 0 Å². The minimum absolute atomic E-state index is 0.0829. The summed E-state index contributed by atoms with van der Waals surface area (Å²) in [5.74, 6) is 1.20. The Morgan fingerprint density at radius 3 is 1.88 bits per heavy atom. The number of alkyl carbamates (subject to hydrolysis) is 1. The van der Waals surface area contributed by atoms with Crippen LogP contribution in [0.25, 0.3) is 0 Å². The number of nitrogens with zero attached hydrogens (tertiary/aromatic N) is 2. The third kappa shape index (κ3) is 7.15. The van der Waals surface area contributed by atoms with E-state index in [1.54, 1.807) is 0 Å². The molecule has 0 radical (unpaired) electrons. The van der Waals surface area contributed by atoms with Gasteiger partial charge in [0.2, 0.25) is 0 Å². The highest BCUT2D eigenvalue weighted by atomic mass is 28.4. The Morgan fingerprint density at radius 1 is 0.808 bits per heavy atom. The van der Waals surface area contributed by atoms with Crippen molar-refractivity contribution in [2.45, 2.75) is 114 Å². The first-order valence-electron chi connectivity index (χ1n) is 18.6. The van der Waals surface area contributed by atoms with Gasteiger partial charge in [-0.25, -0.2) is 14.3 Å². The largest absolute Gasteiger partial charge is 0.444 e. The quantitative estimate of drug-likeness (QED) is 0.162. The van der Waals surface area contributed by atoms with Gasteiger partial charge in [0.05, 0.1) is 17.3 Å². The van der Waals surface area contributed by atoms with Crippen molar-refractivity contribution in [3.8, 4) is 0 Å². The predicted octanol–water partition coefficient (Wildman–Crippen LogP) is 7.86. The zero-order valence-electron chi connectivity index (χ0n) is 31.2. The van der Waals surface area contributed by atoms with Crippen molar-refractivity contribution in [2.24, 2.45) is 5.92 Å². The number of amides is 2. The summed E-state index contributed by atoms with van der Waals surface area (Å²) in [6.07, 6.45) is 2.45. The molecule has 274 valence electrons. The number of benzene rings is 3. The molecule has 2 bridgehead atoms. The number of carbonyl (C=O) groups is 2. The van der Waals surface area contributed by atoms with Gasteiger partial charge in [0, 0.05) is 17.5 Å². The van der Waals surface area contributed by atoms with E-state index in [0.29, 0.717) is 18.7 Å². The number of aromatic nitrogens is 2. The van der Waals surface area contributed by atoms with E-state index in [2.05, 4.69) is 101 Å².